The van der Waals surface area contributed by atoms with Gasteiger partial charge in [-0.05, 0) is 30.1 Å². The van der Waals surface area contributed by atoms with Gasteiger partial charge in [0.05, 0.1) is 0 Å². The molecular formula is C8H12N4. The summed E-state index contributed by atoms with van der Waals surface area (Å²) < 4.78 is 0. The lowest BCUT2D eigenvalue weighted by Gasteiger charge is -1.95. The lowest BCUT2D eigenvalue weighted by atomic mass is 10.1. The van der Waals surface area contributed by atoms with Gasteiger partial charge in [0.2, 0.25) is 0 Å². The second-order valence-corrected chi connectivity index (χ2v) is 1.92. The van der Waals surface area contributed by atoms with Crippen LogP contribution in [0.3, 0.4) is 0 Å². The molecule has 6 N–H and O–H groups in total. The van der Waals surface area contributed by atoms with Crippen LogP contribution in [0.5, 0.6) is 0 Å². The molecule has 0 aromatic carbocycles. The first-order valence-corrected chi connectivity index (χ1v) is 3.32. The van der Waals surface area contributed by atoms with Crippen molar-refractivity contribution in [1.82, 2.24) is 0 Å². The molecule has 64 valence electrons. The van der Waals surface area contributed by atoms with E-state index in [4.69, 9.17) is 22.3 Å². The minimum absolute atomic E-state index is 0.457. The van der Waals surface area contributed by atoms with Crippen LogP contribution < -0.4 is 11.5 Å². The summed E-state index contributed by atoms with van der Waals surface area (Å²) in [5.74, 6) is 0. The van der Waals surface area contributed by atoms with Gasteiger partial charge in [-0.3, -0.25) is 0 Å². The van der Waals surface area contributed by atoms with E-state index >= 15 is 0 Å². The fraction of sp³-hybridized carbons (Fsp3) is 0. The molecule has 0 fully saturated rings. The lowest BCUT2D eigenvalue weighted by Crippen LogP contribution is -1.92. The highest BCUT2D eigenvalue weighted by atomic mass is 14.5. The number of hydrogen-bond acceptors (Lipinski definition) is 4. The van der Waals surface area contributed by atoms with Crippen LogP contribution >= 0.6 is 0 Å². The Morgan fingerprint density at radius 1 is 0.833 bits per heavy atom. The molecule has 0 heterocycles. The lowest BCUT2D eigenvalue weighted by molar-refractivity contribution is 1.48. The normalized spacial score (nSPS) is 10.3. The van der Waals surface area contributed by atoms with E-state index in [1.54, 1.807) is 12.2 Å². The molecule has 0 aromatic heterocycles. The van der Waals surface area contributed by atoms with Crippen LogP contribution in [0, 0.1) is 10.8 Å². The molecule has 0 bridgehead atoms. The first-order valence-electron chi connectivity index (χ1n) is 3.32. The fourth-order valence-electron chi connectivity index (χ4n) is 0.664. The Balaban J connectivity index is 5.00. The number of nitrogens with two attached hydrogens (primary N) is 2. The standard InChI is InChI=1S/C8H12N4/c9-3-1-7(2-4-10)8(5-11)6-12/h1-6,11-12H,9-10H2/b3-1+,4-2+,11-5?,12-6?. The van der Waals surface area contributed by atoms with Crippen LogP contribution in [-0.2, 0) is 0 Å². The number of rotatable bonds is 4. The third-order valence-corrected chi connectivity index (χ3v) is 1.20. The van der Waals surface area contributed by atoms with Crippen LogP contribution in [0.15, 0.2) is 35.7 Å². The van der Waals surface area contributed by atoms with Gasteiger partial charge in [-0.1, -0.05) is 0 Å². The van der Waals surface area contributed by atoms with Crippen LogP contribution in [0.1, 0.15) is 0 Å². The first kappa shape index (κ1) is 10.2. The van der Waals surface area contributed by atoms with Gasteiger partial charge in [0.15, 0.2) is 0 Å². The minimum Gasteiger partial charge on any atom is -0.405 e. The molecule has 0 aliphatic carbocycles. The van der Waals surface area contributed by atoms with Gasteiger partial charge in [0, 0.05) is 18.0 Å². The summed E-state index contributed by atoms with van der Waals surface area (Å²) in [5.41, 5.74) is 11.4. The zero-order valence-corrected chi connectivity index (χ0v) is 6.62. The molecule has 0 aliphatic heterocycles. The van der Waals surface area contributed by atoms with E-state index in [9.17, 15) is 0 Å². The number of nitrogens with one attached hydrogen (secondary N) is 2. The monoisotopic (exact) mass is 164 g/mol. The molecular weight excluding hydrogens is 152 g/mol. The molecule has 0 aromatic rings. The molecule has 0 aliphatic rings. The maximum absolute atomic E-state index is 6.96. The van der Waals surface area contributed by atoms with E-state index in [0.717, 1.165) is 12.4 Å². The Bertz CT molecular complexity index is 224. The maximum Gasteiger partial charge on any atom is 0.0271 e. The molecule has 0 amide bonds. The molecule has 12 heavy (non-hydrogen) atoms. The van der Waals surface area contributed by atoms with Gasteiger partial charge in [-0.2, -0.15) is 0 Å². The summed E-state index contributed by atoms with van der Waals surface area (Å²) in [6, 6.07) is 0. The maximum atomic E-state index is 6.96. The molecule has 0 radical (unpaired) electrons. The van der Waals surface area contributed by atoms with Crippen molar-refractivity contribution in [2.75, 3.05) is 0 Å². The molecule has 0 rings (SSSR count). The van der Waals surface area contributed by atoms with Gasteiger partial charge in [-0.15, -0.1) is 0 Å². The molecule has 4 heteroatoms. The summed E-state index contributed by atoms with van der Waals surface area (Å²) in [6.45, 7) is 0. The van der Waals surface area contributed by atoms with E-state index in [1.807, 2.05) is 0 Å². The highest BCUT2D eigenvalue weighted by Crippen LogP contribution is 2.02. The predicted molar refractivity (Wildman–Crippen MR) is 51.2 cm³/mol. The van der Waals surface area contributed by atoms with E-state index in [1.165, 1.54) is 12.4 Å². The van der Waals surface area contributed by atoms with Crippen molar-refractivity contribution >= 4 is 12.4 Å². The summed E-state index contributed by atoms with van der Waals surface area (Å²) in [5, 5.41) is 13.9. The number of hydrogen-bond donors (Lipinski definition) is 4. The summed E-state index contributed by atoms with van der Waals surface area (Å²) in [6.07, 6.45) is 7.97. The van der Waals surface area contributed by atoms with Gasteiger partial charge in [0.1, 0.15) is 0 Å². The summed E-state index contributed by atoms with van der Waals surface area (Å²) in [4.78, 5) is 0. The Morgan fingerprint density at radius 3 is 1.50 bits per heavy atom. The van der Waals surface area contributed by atoms with E-state index in [-0.39, 0.29) is 0 Å². The first-order chi connectivity index (χ1) is 5.79. The Labute approximate surface area is 71.3 Å². The van der Waals surface area contributed by atoms with Crippen LogP contribution in [0.25, 0.3) is 0 Å². The van der Waals surface area contributed by atoms with Gasteiger partial charge >= 0.3 is 0 Å². The average Bonchev–Trinajstić information content (AvgIpc) is 2.07. The van der Waals surface area contributed by atoms with Crippen molar-refractivity contribution in [3.05, 3.63) is 35.7 Å². The van der Waals surface area contributed by atoms with Gasteiger partial charge in [-0.25, -0.2) is 0 Å². The van der Waals surface area contributed by atoms with Crippen LogP contribution in [-0.4, -0.2) is 12.4 Å². The van der Waals surface area contributed by atoms with Crippen LogP contribution in [0.2, 0.25) is 0 Å². The highest BCUT2D eigenvalue weighted by molar-refractivity contribution is 6.03. The highest BCUT2D eigenvalue weighted by Gasteiger charge is 1.93. The minimum atomic E-state index is 0.457. The third-order valence-electron chi connectivity index (χ3n) is 1.20. The van der Waals surface area contributed by atoms with Crippen molar-refractivity contribution in [3.8, 4) is 0 Å². The Kier molecular flexibility index (Phi) is 5.00. The molecule has 0 unspecified atom stereocenters. The molecule has 0 spiro atoms. The van der Waals surface area contributed by atoms with E-state index < -0.39 is 0 Å². The summed E-state index contributed by atoms with van der Waals surface area (Å²) >= 11 is 0. The predicted octanol–water partition coefficient (Wildman–Crippen LogP) is 0.527. The Morgan fingerprint density at radius 2 is 1.25 bits per heavy atom. The quantitative estimate of drug-likeness (QED) is 0.360. The molecule has 0 saturated heterocycles. The SMILES string of the molecule is N=CC(C=N)=C(/C=C/N)/C=C/N. The second-order valence-electron chi connectivity index (χ2n) is 1.92. The average molecular weight is 164 g/mol. The van der Waals surface area contributed by atoms with Crippen molar-refractivity contribution in [1.29, 1.82) is 10.8 Å². The molecule has 4 nitrogen and oxygen atoms in total. The summed E-state index contributed by atoms with van der Waals surface area (Å²) in [7, 11) is 0. The zero-order valence-electron chi connectivity index (χ0n) is 6.62. The van der Waals surface area contributed by atoms with Gasteiger partial charge < -0.3 is 22.3 Å². The fourth-order valence-corrected chi connectivity index (χ4v) is 0.664. The number of allylic oxidation sites excluding steroid dienone is 4. The molecule has 0 saturated carbocycles. The Hall–Kier alpha value is -1.84. The van der Waals surface area contributed by atoms with Crippen molar-refractivity contribution in [3.63, 3.8) is 0 Å². The van der Waals surface area contributed by atoms with E-state index in [0.29, 0.717) is 11.1 Å². The largest absolute Gasteiger partial charge is 0.405 e. The van der Waals surface area contributed by atoms with Gasteiger partial charge in [0.25, 0.3) is 0 Å². The molecule has 0 atom stereocenters. The van der Waals surface area contributed by atoms with Crippen molar-refractivity contribution in [2.24, 2.45) is 11.5 Å². The topological polar surface area (TPSA) is 99.7 Å². The van der Waals surface area contributed by atoms with Crippen LogP contribution in [0.4, 0.5) is 0 Å². The zero-order chi connectivity index (χ0) is 9.40. The van der Waals surface area contributed by atoms with E-state index in [2.05, 4.69) is 0 Å². The van der Waals surface area contributed by atoms with Crippen molar-refractivity contribution < 1.29 is 0 Å². The second kappa shape index (κ2) is 5.91. The van der Waals surface area contributed by atoms with Crippen molar-refractivity contribution in [2.45, 2.75) is 0 Å². The third kappa shape index (κ3) is 2.83. The smallest absolute Gasteiger partial charge is 0.0271 e.